The van der Waals surface area contributed by atoms with Crippen LogP contribution in [0.3, 0.4) is 0 Å². The standard InChI is InChI=1S/C21H23NO6S/c1-13(23)29-12-16(9-14-5-3-2-4-6-14)20(26)22-17(21(27)28)10-15-7-8-18(24)19(25)11-15/h2-8,11,16-17,24-25H,9-10,12H2,1H3,(H,22,26)(H,27,28)/t16?,17-/m0/s1. The second-order valence-electron chi connectivity index (χ2n) is 6.62. The van der Waals surface area contributed by atoms with Gasteiger partial charge in [0.25, 0.3) is 0 Å². The van der Waals surface area contributed by atoms with E-state index in [2.05, 4.69) is 5.32 Å². The molecule has 0 aromatic heterocycles. The van der Waals surface area contributed by atoms with Crippen molar-refractivity contribution in [2.24, 2.45) is 5.92 Å². The van der Waals surface area contributed by atoms with Gasteiger partial charge in [0.1, 0.15) is 6.04 Å². The molecular weight excluding hydrogens is 394 g/mol. The first-order chi connectivity index (χ1) is 13.8. The molecule has 0 fully saturated rings. The molecular formula is C21H23NO6S. The summed E-state index contributed by atoms with van der Waals surface area (Å²) in [5.74, 6) is -2.70. The molecule has 4 N–H and O–H groups in total. The summed E-state index contributed by atoms with van der Waals surface area (Å²) in [6.45, 7) is 1.42. The predicted molar refractivity (Wildman–Crippen MR) is 110 cm³/mol. The van der Waals surface area contributed by atoms with E-state index in [1.165, 1.54) is 25.1 Å². The molecule has 2 rings (SSSR count). The summed E-state index contributed by atoms with van der Waals surface area (Å²) in [7, 11) is 0. The van der Waals surface area contributed by atoms with Crippen LogP contribution in [-0.4, -0.2) is 44.1 Å². The largest absolute Gasteiger partial charge is 0.504 e. The smallest absolute Gasteiger partial charge is 0.326 e. The molecule has 2 atom stereocenters. The summed E-state index contributed by atoms with van der Waals surface area (Å²) in [5.41, 5.74) is 1.36. The molecule has 154 valence electrons. The van der Waals surface area contributed by atoms with Crippen LogP contribution in [0.25, 0.3) is 0 Å². The van der Waals surface area contributed by atoms with Gasteiger partial charge in [0.15, 0.2) is 16.6 Å². The summed E-state index contributed by atoms with van der Waals surface area (Å²) in [6, 6.07) is 12.1. The summed E-state index contributed by atoms with van der Waals surface area (Å²) in [5, 5.41) is 30.9. The number of nitrogens with one attached hydrogen (secondary N) is 1. The average molecular weight is 417 g/mol. The summed E-state index contributed by atoms with van der Waals surface area (Å²) >= 11 is 1.02. The zero-order valence-electron chi connectivity index (χ0n) is 15.9. The first-order valence-electron chi connectivity index (χ1n) is 8.97. The highest BCUT2D eigenvalue weighted by atomic mass is 32.2. The predicted octanol–water partition coefficient (Wildman–Crippen LogP) is 2.35. The van der Waals surface area contributed by atoms with Crippen LogP contribution >= 0.6 is 11.8 Å². The van der Waals surface area contributed by atoms with E-state index >= 15 is 0 Å². The van der Waals surface area contributed by atoms with Gasteiger partial charge in [-0.25, -0.2) is 4.79 Å². The SMILES string of the molecule is CC(=O)SCC(Cc1ccccc1)C(=O)N[C@@H](Cc1ccc(O)c(O)c1)C(=O)O. The lowest BCUT2D eigenvalue weighted by Crippen LogP contribution is -2.46. The molecule has 1 amide bonds. The van der Waals surface area contributed by atoms with E-state index in [0.717, 1.165) is 17.3 Å². The van der Waals surface area contributed by atoms with Crippen LogP contribution in [-0.2, 0) is 27.2 Å². The molecule has 7 nitrogen and oxygen atoms in total. The van der Waals surface area contributed by atoms with E-state index in [-0.39, 0.29) is 28.8 Å². The van der Waals surface area contributed by atoms with Crippen molar-refractivity contribution in [1.29, 1.82) is 0 Å². The number of aromatic hydroxyl groups is 2. The number of thioether (sulfide) groups is 1. The van der Waals surface area contributed by atoms with Crippen LogP contribution in [0.15, 0.2) is 48.5 Å². The second-order valence-corrected chi connectivity index (χ2v) is 7.81. The van der Waals surface area contributed by atoms with Crippen molar-refractivity contribution in [3.8, 4) is 11.5 Å². The molecule has 0 spiro atoms. The molecule has 0 bridgehead atoms. The van der Waals surface area contributed by atoms with Crippen LogP contribution in [0.4, 0.5) is 0 Å². The zero-order chi connectivity index (χ0) is 21.4. The van der Waals surface area contributed by atoms with Crippen molar-refractivity contribution >= 4 is 28.8 Å². The third-order valence-corrected chi connectivity index (χ3v) is 5.25. The number of rotatable bonds is 9. The first-order valence-corrected chi connectivity index (χ1v) is 9.96. The molecule has 1 unspecified atom stereocenters. The number of amides is 1. The third kappa shape index (κ3) is 7.15. The lowest BCUT2D eigenvalue weighted by Gasteiger charge is -2.20. The Hall–Kier alpha value is -3.00. The van der Waals surface area contributed by atoms with Crippen LogP contribution in [0.1, 0.15) is 18.1 Å². The molecule has 0 saturated carbocycles. The number of carboxylic acid groups (broad SMARTS) is 1. The molecule has 0 aliphatic rings. The van der Waals surface area contributed by atoms with Crippen LogP contribution in [0, 0.1) is 5.92 Å². The van der Waals surface area contributed by atoms with Crippen molar-refractivity contribution in [2.45, 2.75) is 25.8 Å². The van der Waals surface area contributed by atoms with Crippen LogP contribution in [0.2, 0.25) is 0 Å². The molecule has 2 aromatic rings. The lowest BCUT2D eigenvalue weighted by molar-refractivity contribution is -0.142. The Bertz CT molecular complexity index is 871. The van der Waals surface area contributed by atoms with Gasteiger partial charge in [0.05, 0.1) is 5.92 Å². The van der Waals surface area contributed by atoms with Gasteiger partial charge in [-0.15, -0.1) is 0 Å². The summed E-state index contributed by atoms with van der Waals surface area (Å²) in [6.07, 6.45) is 0.312. The monoisotopic (exact) mass is 417 g/mol. The minimum atomic E-state index is -1.22. The fourth-order valence-electron chi connectivity index (χ4n) is 2.77. The van der Waals surface area contributed by atoms with Gasteiger partial charge < -0.3 is 20.6 Å². The topological polar surface area (TPSA) is 124 Å². The van der Waals surface area contributed by atoms with Gasteiger partial charge in [-0.1, -0.05) is 48.2 Å². The lowest BCUT2D eigenvalue weighted by atomic mass is 9.99. The second kappa shape index (κ2) is 10.5. The highest BCUT2D eigenvalue weighted by Gasteiger charge is 2.26. The van der Waals surface area contributed by atoms with E-state index < -0.39 is 23.8 Å². The number of carbonyl (C=O) groups is 3. The minimum Gasteiger partial charge on any atom is -0.504 e. The Labute approximate surface area is 172 Å². The average Bonchev–Trinajstić information content (AvgIpc) is 2.67. The number of aliphatic carboxylic acids is 1. The number of phenols is 2. The van der Waals surface area contributed by atoms with Crippen molar-refractivity contribution in [3.63, 3.8) is 0 Å². The Morgan fingerprint density at radius 2 is 1.66 bits per heavy atom. The van der Waals surface area contributed by atoms with E-state index in [1.54, 1.807) is 0 Å². The highest BCUT2D eigenvalue weighted by Crippen LogP contribution is 2.25. The highest BCUT2D eigenvalue weighted by molar-refractivity contribution is 8.13. The fraction of sp³-hybridized carbons (Fsp3) is 0.286. The molecule has 0 aliphatic carbocycles. The number of hydrogen-bond donors (Lipinski definition) is 4. The molecule has 0 radical (unpaired) electrons. The van der Waals surface area contributed by atoms with Gasteiger partial charge >= 0.3 is 5.97 Å². The first kappa shape index (κ1) is 22.3. The van der Waals surface area contributed by atoms with E-state index in [4.69, 9.17) is 0 Å². The molecule has 8 heteroatoms. The van der Waals surface area contributed by atoms with Gasteiger partial charge in [0.2, 0.25) is 5.91 Å². The zero-order valence-corrected chi connectivity index (χ0v) is 16.7. The molecule has 29 heavy (non-hydrogen) atoms. The van der Waals surface area contributed by atoms with Crippen LogP contribution < -0.4 is 5.32 Å². The molecule has 0 saturated heterocycles. The van der Waals surface area contributed by atoms with Crippen molar-refractivity contribution < 1.29 is 29.7 Å². The Balaban J connectivity index is 2.12. The van der Waals surface area contributed by atoms with E-state index in [0.29, 0.717) is 12.0 Å². The number of carboxylic acids is 1. The number of phenolic OH excluding ortho intramolecular Hbond substituents is 2. The van der Waals surface area contributed by atoms with Gasteiger partial charge in [-0.2, -0.15) is 0 Å². The third-order valence-electron chi connectivity index (χ3n) is 4.28. The van der Waals surface area contributed by atoms with Crippen molar-refractivity contribution in [2.75, 3.05) is 5.75 Å². The Kier molecular flexibility index (Phi) is 8.09. The minimum absolute atomic E-state index is 0.0627. The maximum Gasteiger partial charge on any atom is 0.326 e. The molecule has 0 aliphatic heterocycles. The van der Waals surface area contributed by atoms with E-state index in [9.17, 15) is 29.7 Å². The molecule has 0 heterocycles. The Morgan fingerprint density at radius 3 is 2.24 bits per heavy atom. The van der Waals surface area contributed by atoms with Gasteiger partial charge in [-0.05, 0) is 29.7 Å². The number of carbonyl (C=O) groups excluding carboxylic acids is 2. The maximum atomic E-state index is 12.8. The summed E-state index contributed by atoms with van der Waals surface area (Å²) in [4.78, 5) is 35.8. The van der Waals surface area contributed by atoms with Gasteiger partial charge in [-0.3, -0.25) is 9.59 Å². The van der Waals surface area contributed by atoms with Gasteiger partial charge in [0, 0.05) is 19.1 Å². The van der Waals surface area contributed by atoms with Crippen molar-refractivity contribution in [3.05, 3.63) is 59.7 Å². The summed E-state index contributed by atoms with van der Waals surface area (Å²) < 4.78 is 0. The fourth-order valence-corrected chi connectivity index (χ4v) is 3.47. The maximum absolute atomic E-state index is 12.8. The quantitative estimate of drug-likeness (QED) is 0.462. The molecule has 2 aromatic carbocycles. The van der Waals surface area contributed by atoms with Crippen LogP contribution in [0.5, 0.6) is 11.5 Å². The number of hydrogen-bond acceptors (Lipinski definition) is 6. The van der Waals surface area contributed by atoms with E-state index in [1.807, 2.05) is 30.3 Å². The van der Waals surface area contributed by atoms with Crippen molar-refractivity contribution in [1.82, 2.24) is 5.32 Å². The normalized spacial score (nSPS) is 12.7. The Morgan fingerprint density at radius 1 is 0.966 bits per heavy atom. The number of benzene rings is 2.